The Labute approximate surface area is 181 Å². The summed E-state index contributed by atoms with van der Waals surface area (Å²) in [6.07, 6.45) is 7.80. The molecular weight excluding hydrogens is 409 g/mol. The van der Waals surface area contributed by atoms with Crippen molar-refractivity contribution in [3.63, 3.8) is 0 Å². The van der Waals surface area contributed by atoms with E-state index in [4.69, 9.17) is 35.5 Å². The Morgan fingerprint density at radius 1 is 1.21 bits per heavy atom. The topological polar surface area (TPSA) is 68.5 Å². The second-order valence-corrected chi connectivity index (χ2v) is 9.52. The van der Waals surface area contributed by atoms with Crippen molar-refractivity contribution in [2.24, 2.45) is 5.41 Å². The number of anilines is 2. The SMILES string of the molecule is C#[N+][C@H]1CCCC12CCN(c1nc(N)n([C@@H]3CCCC(Cl)=C3Cl)c(=O)c1C)CC2. The molecule has 0 bridgehead atoms. The lowest BCUT2D eigenvalue weighted by molar-refractivity contribution is 0.216. The van der Waals surface area contributed by atoms with Gasteiger partial charge >= 0.3 is 0 Å². The van der Waals surface area contributed by atoms with Gasteiger partial charge in [0.25, 0.3) is 18.2 Å². The number of hydrogen-bond acceptors (Lipinski definition) is 4. The maximum Gasteiger partial charge on any atom is 0.277 e. The van der Waals surface area contributed by atoms with Crippen LogP contribution in [0.5, 0.6) is 0 Å². The van der Waals surface area contributed by atoms with Crippen molar-refractivity contribution in [2.75, 3.05) is 23.7 Å². The summed E-state index contributed by atoms with van der Waals surface area (Å²) < 4.78 is 1.51. The first-order valence-corrected chi connectivity index (χ1v) is 11.2. The zero-order valence-electron chi connectivity index (χ0n) is 16.8. The van der Waals surface area contributed by atoms with Gasteiger partial charge in [0.1, 0.15) is 5.82 Å². The van der Waals surface area contributed by atoms with Crippen LogP contribution in [0.15, 0.2) is 14.9 Å². The third kappa shape index (κ3) is 3.43. The summed E-state index contributed by atoms with van der Waals surface area (Å²) in [7, 11) is 0. The maximum atomic E-state index is 13.2. The van der Waals surface area contributed by atoms with Crippen molar-refractivity contribution in [3.8, 4) is 6.57 Å². The van der Waals surface area contributed by atoms with E-state index in [9.17, 15) is 4.79 Å². The molecule has 6 nitrogen and oxygen atoms in total. The van der Waals surface area contributed by atoms with Gasteiger partial charge in [-0.25, -0.2) is 0 Å². The molecule has 29 heavy (non-hydrogen) atoms. The second-order valence-electron chi connectivity index (χ2n) is 8.66. The highest BCUT2D eigenvalue weighted by Gasteiger charge is 2.51. The molecule has 156 valence electrons. The summed E-state index contributed by atoms with van der Waals surface area (Å²) in [5, 5.41) is 1.10. The van der Waals surface area contributed by atoms with Crippen molar-refractivity contribution in [1.29, 1.82) is 0 Å². The Balaban J connectivity index is 1.62. The van der Waals surface area contributed by atoms with Crippen LogP contribution < -0.4 is 16.2 Å². The van der Waals surface area contributed by atoms with E-state index in [0.717, 1.165) is 51.6 Å². The lowest BCUT2D eigenvalue weighted by atomic mass is 9.74. The number of halogens is 2. The molecular formula is C21H28Cl2N5O+. The minimum absolute atomic E-state index is 0.141. The first-order chi connectivity index (χ1) is 13.9. The van der Waals surface area contributed by atoms with Gasteiger partial charge in [0, 0.05) is 24.5 Å². The van der Waals surface area contributed by atoms with Crippen LogP contribution in [-0.2, 0) is 0 Å². The van der Waals surface area contributed by atoms with E-state index < -0.39 is 0 Å². The standard InChI is InChI=1S/C21H27Cl2N5O/c1-13-18(27-11-9-21(10-12-27)8-4-7-16(21)25-2)26-20(24)28(19(13)29)15-6-3-5-14(22)17(15)23/h2,15-16H,3-12H2,1H3,(H-,24,26,29)/p+1/t15-,16+/m1/s1. The zero-order valence-corrected chi connectivity index (χ0v) is 18.3. The van der Waals surface area contributed by atoms with Gasteiger partial charge in [0.05, 0.1) is 22.1 Å². The van der Waals surface area contributed by atoms with Crippen LogP contribution in [0.3, 0.4) is 0 Å². The predicted molar refractivity (Wildman–Crippen MR) is 119 cm³/mol. The quantitative estimate of drug-likeness (QED) is 0.732. The van der Waals surface area contributed by atoms with Crippen LogP contribution in [0.4, 0.5) is 11.8 Å². The molecule has 1 aromatic heterocycles. The van der Waals surface area contributed by atoms with Crippen LogP contribution in [0, 0.1) is 18.9 Å². The number of piperidine rings is 1. The van der Waals surface area contributed by atoms with Gasteiger partial charge in [-0.3, -0.25) is 9.36 Å². The summed E-state index contributed by atoms with van der Waals surface area (Å²) in [6, 6.07) is -0.0811. The molecule has 0 amide bonds. The molecule has 3 aliphatic rings. The van der Waals surface area contributed by atoms with Gasteiger partial charge in [-0.15, -0.1) is 0 Å². The summed E-state index contributed by atoms with van der Waals surface area (Å²) >= 11 is 12.7. The minimum Gasteiger partial charge on any atom is -0.369 e. The highest BCUT2D eigenvalue weighted by Crippen LogP contribution is 2.48. The average Bonchev–Trinajstić information content (AvgIpc) is 3.11. The smallest absolute Gasteiger partial charge is 0.277 e. The monoisotopic (exact) mass is 436 g/mol. The highest BCUT2D eigenvalue weighted by molar-refractivity contribution is 6.39. The van der Waals surface area contributed by atoms with E-state index >= 15 is 0 Å². The lowest BCUT2D eigenvalue weighted by Gasteiger charge is -2.39. The van der Waals surface area contributed by atoms with Gasteiger partial charge in [0.15, 0.2) is 0 Å². The molecule has 2 N–H and O–H groups in total. The normalized spacial score (nSPS) is 26.8. The van der Waals surface area contributed by atoms with E-state index in [1.165, 1.54) is 17.4 Å². The Kier molecular flexibility index (Phi) is 5.56. The van der Waals surface area contributed by atoms with Crippen LogP contribution in [0.25, 0.3) is 4.85 Å². The minimum atomic E-state index is -0.333. The van der Waals surface area contributed by atoms with E-state index in [1.807, 2.05) is 6.92 Å². The number of rotatable bonds is 2. The number of nitrogens with zero attached hydrogens (tertiary/aromatic N) is 4. The van der Waals surface area contributed by atoms with Gasteiger partial charge in [0.2, 0.25) is 5.95 Å². The summed E-state index contributed by atoms with van der Waals surface area (Å²) in [6.45, 7) is 9.16. The van der Waals surface area contributed by atoms with E-state index in [1.54, 1.807) is 0 Å². The Morgan fingerprint density at radius 3 is 2.62 bits per heavy atom. The Bertz CT molecular complexity index is 940. The highest BCUT2D eigenvalue weighted by atomic mass is 35.5. The molecule has 1 spiro atoms. The first-order valence-electron chi connectivity index (χ1n) is 10.5. The Hall–Kier alpha value is -1.71. The van der Waals surface area contributed by atoms with Gasteiger partial charge in [-0.05, 0) is 51.9 Å². The fourth-order valence-electron chi connectivity index (χ4n) is 5.46. The molecule has 2 fully saturated rings. The molecule has 1 saturated carbocycles. The summed E-state index contributed by atoms with van der Waals surface area (Å²) in [4.78, 5) is 24.2. The molecule has 8 heteroatoms. The average molecular weight is 437 g/mol. The maximum absolute atomic E-state index is 13.2. The van der Waals surface area contributed by atoms with Gasteiger partial charge in [-0.1, -0.05) is 28.0 Å². The molecule has 0 aromatic carbocycles. The Morgan fingerprint density at radius 2 is 1.93 bits per heavy atom. The number of aromatic nitrogens is 2. The molecule has 0 radical (unpaired) electrons. The van der Waals surface area contributed by atoms with Crippen molar-refractivity contribution in [1.82, 2.24) is 9.55 Å². The van der Waals surface area contributed by atoms with Crippen molar-refractivity contribution >= 4 is 35.0 Å². The fraction of sp³-hybridized carbons (Fsp3) is 0.667. The largest absolute Gasteiger partial charge is 0.369 e. The number of nitrogen functional groups attached to an aromatic ring is 1. The summed E-state index contributed by atoms with van der Waals surface area (Å²) in [5.41, 5.74) is 6.93. The molecule has 1 aliphatic heterocycles. The van der Waals surface area contributed by atoms with E-state index in [-0.39, 0.29) is 29.0 Å². The molecule has 1 saturated heterocycles. The number of allylic oxidation sites excluding steroid dienone is 2. The van der Waals surface area contributed by atoms with Crippen molar-refractivity contribution in [2.45, 2.75) is 70.4 Å². The van der Waals surface area contributed by atoms with Crippen molar-refractivity contribution in [3.05, 3.63) is 30.8 Å². The molecule has 0 unspecified atom stereocenters. The van der Waals surface area contributed by atoms with E-state index in [2.05, 4.69) is 14.7 Å². The number of hydrogen-bond donors (Lipinski definition) is 1. The van der Waals surface area contributed by atoms with Gasteiger partial charge < -0.3 is 10.6 Å². The third-order valence-corrected chi connectivity index (χ3v) is 8.15. The van der Waals surface area contributed by atoms with E-state index in [0.29, 0.717) is 21.4 Å². The van der Waals surface area contributed by atoms with Crippen LogP contribution in [0.1, 0.15) is 63.0 Å². The molecule has 2 atom stereocenters. The molecule has 2 heterocycles. The molecule has 2 aliphatic carbocycles. The second kappa shape index (κ2) is 7.85. The fourth-order valence-corrected chi connectivity index (χ4v) is 6.02. The van der Waals surface area contributed by atoms with Gasteiger partial charge in [-0.2, -0.15) is 4.98 Å². The molecule has 1 aromatic rings. The van der Waals surface area contributed by atoms with Crippen LogP contribution >= 0.6 is 23.2 Å². The lowest BCUT2D eigenvalue weighted by Crippen LogP contribution is -2.44. The summed E-state index contributed by atoms with van der Waals surface area (Å²) in [5.74, 6) is 0.876. The van der Waals surface area contributed by atoms with Crippen LogP contribution in [-0.4, -0.2) is 28.7 Å². The predicted octanol–water partition coefficient (Wildman–Crippen LogP) is 4.65. The third-order valence-electron chi connectivity index (χ3n) is 7.18. The number of nitrogens with two attached hydrogens (primary N) is 1. The van der Waals surface area contributed by atoms with Crippen molar-refractivity contribution < 1.29 is 0 Å². The molecule has 4 rings (SSSR count). The zero-order chi connectivity index (χ0) is 20.8. The van der Waals surface area contributed by atoms with Crippen LogP contribution in [0.2, 0.25) is 0 Å². The first kappa shape index (κ1) is 20.6.